The Morgan fingerprint density at radius 2 is 2.13 bits per heavy atom. The molecule has 2 N–H and O–H groups in total. The number of benzene rings is 1. The van der Waals surface area contributed by atoms with E-state index >= 15 is 0 Å². The molecule has 2 heteroatoms. The first-order valence-electron chi connectivity index (χ1n) is 5.64. The fourth-order valence-electron chi connectivity index (χ4n) is 1.81. The zero-order valence-electron chi connectivity index (χ0n) is 10.0. The van der Waals surface area contributed by atoms with Crippen LogP contribution in [0, 0.1) is 6.92 Å². The van der Waals surface area contributed by atoms with Gasteiger partial charge in [-0.1, -0.05) is 36.8 Å². The van der Waals surface area contributed by atoms with Crippen LogP contribution in [-0.2, 0) is 0 Å². The lowest BCUT2D eigenvalue weighted by atomic mass is 10.0. The van der Waals surface area contributed by atoms with Gasteiger partial charge in [-0.15, -0.1) is 0 Å². The molecule has 0 aromatic heterocycles. The summed E-state index contributed by atoms with van der Waals surface area (Å²) in [7, 11) is 2.12. The van der Waals surface area contributed by atoms with Crippen LogP contribution >= 0.6 is 0 Å². The van der Waals surface area contributed by atoms with E-state index in [2.05, 4.69) is 50.1 Å². The molecule has 84 valence electrons. The molecule has 1 atom stereocenters. The lowest BCUT2D eigenvalue weighted by Crippen LogP contribution is -2.29. The van der Waals surface area contributed by atoms with E-state index in [4.69, 9.17) is 5.73 Å². The largest absolute Gasteiger partial charge is 0.323 e. The molecule has 0 heterocycles. The van der Waals surface area contributed by atoms with Crippen molar-refractivity contribution in [2.24, 2.45) is 5.73 Å². The molecule has 1 aromatic rings. The van der Waals surface area contributed by atoms with Crippen molar-refractivity contribution in [2.45, 2.75) is 26.3 Å². The van der Waals surface area contributed by atoms with Gasteiger partial charge in [0.15, 0.2) is 0 Å². The van der Waals surface area contributed by atoms with Crippen LogP contribution in [0.15, 0.2) is 24.3 Å². The monoisotopic (exact) mass is 206 g/mol. The van der Waals surface area contributed by atoms with E-state index in [9.17, 15) is 0 Å². The Hall–Kier alpha value is -0.860. The van der Waals surface area contributed by atoms with Gasteiger partial charge < -0.3 is 10.6 Å². The maximum atomic E-state index is 6.15. The highest BCUT2D eigenvalue weighted by Gasteiger charge is 2.08. The van der Waals surface area contributed by atoms with Gasteiger partial charge in [-0.25, -0.2) is 0 Å². The van der Waals surface area contributed by atoms with Gasteiger partial charge in [0.2, 0.25) is 0 Å². The van der Waals surface area contributed by atoms with Crippen LogP contribution in [0.1, 0.15) is 30.5 Å². The Kier molecular flexibility index (Phi) is 4.79. The summed E-state index contributed by atoms with van der Waals surface area (Å²) in [4.78, 5) is 2.28. The molecule has 1 rings (SSSR count). The summed E-state index contributed by atoms with van der Waals surface area (Å²) in [5.41, 5.74) is 8.67. The van der Waals surface area contributed by atoms with Crippen molar-refractivity contribution in [3.8, 4) is 0 Å². The van der Waals surface area contributed by atoms with Crippen LogP contribution in [0.3, 0.4) is 0 Å². The second kappa shape index (κ2) is 5.89. The Morgan fingerprint density at radius 1 is 1.40 bits per heavy atom. The summed E-state index contributed by atoms with van der Waals surface area (Å²) in [6.07, 6.45) is 1.18. The highest BCUT2D eigenvalue weighted by molar-refractivity contribution is 5.24. The minimum Gasteiger partial charge on any atom is -0.323 e. The molecule has 2 nitrogen and oxygen atoms in total. The van der Waals surface area contributed by atoms with Gasteiger partial charge in [0.05, 0.1) is 0 Å². The zero-order chi connectivity index (χ0) is 11.3. The second-order valence-electron chi connectivity index (χ2n) is 4.28. The normalized spacial score (nSPS) is 13.1. The molecule has 0 fully saturated rings. The van der Waals surface area contributed by atoms with Crippen molar-refractivity contribution in [1.82, 2.24) is 4.90 Å². The second-order valence-corrected chi connectivity index (χ2v) is 4.28. The van der Waals surface area contributed by atoms with E-state index in [-0.39, 0.29) is 6.04 Å². The number of aryl methyl sites for hydroxylation is 1. The summed E-state index contributed by atoms with van der Waals surface area (Å²) < 4.78 is 0. The van der Waals surface area contributed by atoms with Crippen molar-refractivity contribution in [3.05, 3.63) is 35.4 Å². The van der Waals surface area contributed by atoms with Crippen LogP contribution in [0.5, 0.6) is 0 Å². The maximum absolute atomic E-state index is 6.15. The lowest BCUT2D eigenvalue weighted by Gasteiger charge is -2.21. The Labute approximate surface area is 93.1 Å². The van der Waals surface area contributed by atoms with Gasteiger partial charge in [-0.3, -0.25) is 0 Å². The number of hydrogen-bond donors (Lipinski definition) is 1. The third-order valence-corrected chi connectivity index (χ3v) is 2.58. The van der Waals surface area contributed by atoms with Crippen molar-refractivity contribution >= 4 is 0 Å². The highest BCUT2D eigenvalue weighted by atomic mass is 15.1. The van der Waals surface area contributed by atoms with Gasteiger partial charge in [-0.05, 0) is 32.5 Å². The fraction of sp³-hybridized carbons (Fsp3) is 0.538. The standard InChI is InChI=1S/C13H22N2/c1-4-8-15(3)10-13(14)12-7-5-6-11(2)9-12/h5-7,9,13H,4,8,10,14H2,1-3H3. The number of nitrogens with zero attached hydrogens (tertiary/aromatic N) is 1. The van der Waals surface area contributed by atoms with Crippen LogP contribution < -0.4 is 5.73 Å². The predicted molar refractivity (Wildman–Crippen MR) is 65.9 cm³/mol. The van der Waals surface area contributed by atoms with Crippen LogP contribution in [0.25, 0.3) is 0 Å². The minimum atomic E-state index is 0.126. The Bertz CT molecular complexity index is 296. The molecule has 0 aliphatic carbocycles. The van der Waals surface area contributed by atoms with Gasteiger partial charge in [-0.2, -0.15) is 0 Å². The molecule has 15 heavy (non-hydrogen) atoms. The average molecular weight is 206 g/mol. The minimum absolute atomic E-state index is 0.126. The van der Waals surface area contributed by atoms with Gasteiger partial charge in [0, 0.05) is 12.6 Å². The number of nitrogens with two attached hydrogens (primary N) is 1. The Balaban J connectivity index is 2.56. The summed E-state index contributed by atoms with van der Waals surface area (Å²) in [6.45, 7) is 6.33. The molecule has 0 spiro atoms. The van der Waals surface area contributed by atoms with E-state index in [1.807, 2.05) is 0 Å². The van der Waals surface area contributed by atoms with Crippen molar-refractivity contribution in [3.63, 3.8) is 0 Å². The molecular formula is C13H22N2. The maximum Gasteiger partial charge on any atom is 0.0424 e. The van der Waals surface area contributed by atoms with Gasteiger partial charge >= 0.3 is 0 Å². The van der Waals surface area contributed by atoms with Crippen molar-refractivity contribution < 1.29 is 0 Å². The van der Waals surface area contributed by atoms with Crippen molar-refractivity contribution in [1.29, 1.82) is 0 Å². The van der Waals surface area contributed by atoms with Crippen LogP contribution in [0.4, 0.5) is 0 Å². The van der Waals surface area contributed by atoms with E-state index in [0.717, 1.165) is 13.1 Å². The topological polar surface area (TPSA) is 29.3 Å². The molecule has 0 amide bonds. The molecule has 0 bridgehead atoms. The summed E-state index contributed by atoms with van der Waals surface area (Å²) in [5.74, 6) is 0. The van der Waals surface area contributed by atoms with E-state index < -0.39 is 0 Å². The van der Waals surface area contributed by atoms with Crippen LogP contribution in [0.2, 0.25) is 0 Å². The lowest BCUT2D eigenvalue weighted by molar-refractivity contribution is 0.313. The predicted octanol–water partition coefficient (Wildman–Crippen LogP) is 2.34. The van der Waals surface area contributed by atoms with E-state index in [1.165, 1.54) is 17.5 Å². The molecular weight excluding hydrogens is 184 g/mol. The molecule has 0 aliphatic heterocycles. The van der Waals surface area contributed by atoms with Crippen molar-refractivity contribution in [2.75, 3.05) is 20.1 Å². The summed E-state index contributed by atoms with van der Waals surface area (Å²) in [5, 5.41) is 0. The molecule has 1 aromatic carbocycles. The number of hydrogen-bond acceptors (Lipinski definition) is 2. The zero-order valence-corrected chi connectivity index (χ0v) is 10.0. The van der Waals surface area contributed by atoms with Gasteiger partial charge in [0.25, 0.3) is 0 Å². The first-order valence-corrected chi connectivity index (χ1v) is 5.64. The quantitative estimate of drug-likeness (QED) is 0.801. The summed E-state index contributed by atoms with van der Waals surface area (Å²) >= 11 is 0. The third kappa shape index (κ3) is 4.02. The smallest absolute Gasteiger partial charge is 0.0424 e. The SMILES string of the molecule is CCCN(C)CC(N)c1cccc(C)c1. The van der Waals surface area contributed by atoms with E-state index in [0.29, 0.717) is 0 Å². The molecule has 1 unspecified atom stereocenters. The third-order valence-electron chi connectivity index (χ3n) is 2.58. The molecule has 0 saturated heterocycles. The summed E-state index contributed by atoms with van der Waals surface area (Å²) in [6, 6.07) is 8.58. The van der Waals surface area contributed by atoms with E-state index in [1.54, 1.807) is 0 Å². The molecule has 0 radical (unpaired) electrons. The first-order chi connectivity index (χ1) is 7.13. The Morgan fingerprint density at radius 3 is 2.73 bits per heavy atom. The molecule has 0 aliphatic rings. The number of likely N-dealkylation sites (N-methyl/N-ethyl adjacent to an activating group) is 1. The van der Waals surface area contributed by atoms with Gasteiger partial charge in [0.1, 0.15) is 0 Å². The highest BCUT2D eigenvalue weighted by Crippen LogP contribution is 2.12. The van der Waals surface area contributed by atoms with Crippen LogP contribution in [-0.4, -0.2) is 25.0 Å². The average Bonchev–Trinajstić information content (AvgIpc) is 2.18. The number of rotatable bonds is 5. The first kappa shape index (κ1) is 12.2. The molecule has 0 saturated carbocycles. The fourth-order valence-corrected chi connectivity index (χ4v) is 1.81.